The maximum absolute atomic E-state index is 12.9. The van der Waals surface area contributed by atoms with E-state index in [4.69, 9.17) is 0 Å². The van der Waals surface area contributed by atoms with Gasteiger partial charge in [-0.2, -0.15) is 0 Å². The minimum absolute atomic E-state index is 0.137. The van der Waals surface area contributed by atoms with Gasteiger partial charge in [0, 0.05) is 51.3 Å². The summed E-state index contributed by atoms with van der Waals surface area (Å²) in [5, 5.41) is 5.72. The molecule has 1 atom stereocenters. The summed E-state index contributed by atoms with van der Waals surface area (Å²) in [4.78, 5) is 40.5. The SMILES string of the molecule is O=C1CCC(N2Cc3cc(-c4ccc(CN5CCNCC5)cc4)ccc3C2=O)C(=O)N1. The first-order chi connectivity index (χ1) is 15.1. The predicted molar refractivity (Wildman–Crippen MR) is 116 cm³/mol. The number of rotatable bonds is 4. The molecule has 2 aromatic rings. The number of hydrogen-bond donors (Lipinski definition) is 2. The van der Waals surface area contributed by atoms with Crippen LogP contribution in [-0.2, 0) is 22.7 Å². The Morgan fingerprint density at radius 1 is 0.935 bits per heavy atom. The molecular formula is C24H26N4O3. The Morgan fingerprint density at radius 2 is 1.68 bits per heavy atom. The maximum atomic E-state index is 12.9. The Kier molecular flexibility index (Phi) is 5.29. The lowest BCUT2D eigenvalue weighted by atomic mass is 9.99. The molecule has 0 spiro atoms. The molecule has 2 aromatic carbocycles. The number of hydrogen-bond acceptors (Lipinski definition) is 5. The monoisotopic (exact) mass is 418 g/mol. The van der Waals surface area contributed by atoms with Gasteiger partial charge in [-0.1, -0.05) is 30.3 Å². The zero-order chi connectivity index (χ0) is 21.4. The highest BCUT2D eigenvalue weighted by molar-refractivity contribution is 6.05. The molecule has 2 fully saturated rings. The van der Waals surface area contributed by atoms with Gasteiger partial charge in [0.05, 0.1) is 0 Å². The number of piperazine rings is 1. The second-order valence-corrected chi connectivity index (χ2v) is 8.49. The lowest BCUT2D eigenvalue weighted by molar-refractivity contribution is -0.136. The van der Waals surface area contributed by atoms with Crippen molar-refractivity contribution >= 4 is 17.7 Å². The van der Waals surface area contributed by atoms with Gasteiger partial charge in [0.1, 0.15) is 6.04 Å². The molecule has 3 heterocycles. The van der Waals surface area contributed by atoms with Crippen LogP contribution in [0, 0.1) is 0 Å². The molecule has 3 aliphatic rings. The molecule has 2 N–H and O–H groups in total. The van der Waals surface area contributed by atoms with Crippen LogP contribution in [0.5, 0.6) is 0 Å². The van der Waals surface area contributed by atoms with E-state index in [2.05, 4.69) is 39.8 Å². The third-order valence-electron chi connectivity index (χ3n) is 6.43. The average molecular weight is 418 g/mol. The first-order valence-corrected chi connectivity index (χ1v) is 10.9. The number of imide groups is 1. The zero-order valence-electron chi connectivity index (χ0n) is 17.4. The maximum Gasteiger partial charge on any atom is 0.255 e. The van der Waals surface area contributed by atoms with Crippen LogP contribution in [-0.4, -0.2) is 59.7 Å². The molecule has 7 heteroatoms. The van der Waals surface area contributed by atoms with Crippen LogP contribution >= 0.6 is 0 Å². The lowest BCUT2D eigenvalue weighted by Gasteiger charge is -2.29. The van der Waals surface area contributed by atoms with Gasteiger partial charge in [0.25, 0.3) is 5.91 Å². The highest BCUT2D eigenvalue weighted by Crippen LogP contribution is 2.31. The molecule has 2 saturated heterocycles. The summed E-state index contributed by atoms with van der Waals surface area (Å²) < 4.78 is 0. The number of piperidine rings is 1. The smallest absolute Gasteiger partial charge is 0.255 e. The molecule has 0 aliphatic carbocycles. The lowest BCUT2D eigenvalue weighted by Crippen LogP contribution is -2.52. The number of nitrogens with one attached hydrogen (secondary N) is 2. The van der Waals surface area contributed by atoms with Gasteiger partial charge in [-0.05, 0) is 40.8 Å². The standard InChI is InChI=1S/C24H26N4O3/c29-22-8-7-21(23(30)26-22)28-15-19-13-18(5-6-20(19)24(28)31)17-3-1-16(2-4-17)14-27-11-9-25-10-12-27/h1-6,13,21,25H,7-12,14-15H2,(H,26,29,30). The van der Waals surface area contributed by atoms with Crippen LogP contribution in [0.4, 0.5) is 0 Å². The quantitative estimate of drug-likeness (QED) is 0.736. The summed E-state index contributed by atoms with van der Waals surface area (Å²) in [6.45, 7) is 5.59. The third kappa shape index (κ3) is 3.98. The number of fused-ring (bicyclic) bond motifs is 1. The summed E-state index contributed by atoms with van der Waals surface area (Å²) >= 11 is 0. The van der Waals surface area contributed by atoms with E-state index in [-0.39, 0.29) is 24.1 Å². The Labute approximate surface area is 181 Å². The molecule has 5 rings (SSSR count). The van der Waals surface area contributed by atoms with Crippen molar-refractivity contribution in [1.29, 1.82) is 0 Å². The topological polar surface area (TPSA) is 81.8 Å². The number of carbonyl (C=O) groups is 3. The van der Waals surface area contributed by atoms with Crippen molar-refractivity contribution in [3.8, 4) is 11.1 Å². The van der Waals surface area contributed by atoms with Gasteiger partial charge in [-0.3, -0.25) is 24.6 Å². The van der Waals surface area contributed by atoms with E-state index in [0.29, 0.717) is 18.5 Å². The Hall–Kier alpha value is -3.03. The Bertz CT molecular complexity index is 1030. The van der Waals surface area contributed by atoms with Crippen molar-refractivity contribution in [2.75, 3.05) is 26.2 Å². The van der Waals surface area contributed by atoms with Crippen molar-refractivity contribution in [3.05, 3.63) is 59.2 Å². The number of benzene rings is 2. The number of nitrogens with zero attached hydrogens (tertiary/aromatic N) is 2. The Morgan fingerprint density at radius 3 is 2.42 bits per heavy atom. The molecule has 0 radical (unpaired) electrons. The second kappa shape index (κ2) is 8.24. The molecule has 7 nitrogen and oxygen atoms in total. The fourth-order valence-electron chi connectivity index (χ4n) is 4.68. The molecule has 160 valence electrons. The summed E-state index contributed by atoms with van der Waals surface area (Å²) in [5.41, 5.74) is 5.04. The Balaban J connectivity index is 1.31. The second-order valence-electron chi connectivity index (χ2n) is 8.49. The van der Waals surface area contributed by atoms with E-state index in [0.717, 1.165) is 49.4 Å². The largest absolute Gasteiger partial charge is 0.322 e. The van der Waals surface area contributed by atoms with Crippen molar-refractivity contribution in [3.63, 3.8) is 0 Å². The van der Waals surface area contributed by atoms with Crippen molar-refractivity contribution in [1.82, 2.24) is 20.4 Å². The van der Waals surface area contributed by atoms with Gasteiger partial charge in [-0.15, -0.1) is 0 Å². The van der Waals surface area contributed by atoms with Crippen LogP contribution in [0.2, 0.25) is 0 Å². The van der Waals surface area contributed by atoms with E-state index in [9.17, 15) is 14.4 Å². The molecule has 3 aliphatic heterocycles. The minimum atomic E-state index is -0.578. The number of carbonyl (C=O) groups excluding carboxylic acids is 3. The van der Waals surface area contributed by atoms with Crippen LogP contribution in [0.15, 0.2) is 42.5 Å². The fraction of sp³-hybridized carbons (Fsp3) is 0.375. The molecule has 3 amide bonds. The summed E-state index contributed by atoms with van der Waals surface area (Å²) in [5.74, 6) is -0.784. The van der Waals surface area contributed by atoms with Gasteiger partial charge < -0.3 is 10.2 Å². The zero-order valence-corrected chi connectivity index (χ0v) is 17.4. The molecule has 1 unspecified atom stereocenters. The van der Waals surface area contributed by atoms with E-state index < -0.39 is 6.04 Å². The van der Waals surface area contributed by atoms with Gasteiger partial charge in [-0.25, -0.2) is 0 Å². The van der Waals surface area contributed by atoms with Crippen LogP contribution < -0.4 is 10.6 Å². The normalized spacial score (nSPS) is 21.9. The van der Waals surface area contributed by atoms with Crippen molar-refractivity contribution in [2.24, 2.45) is 0 Å². The minimum Gasteiger partial charge on any atom is -0.322 e. The molecular weight excluding hydrogens is 392 g/mol. The van der Waals surface area contributed by atoms with Crippen molar-refractivity contribution < 1.29 is 14.4 Å². The van der Waals surface area contributed by atoms with Crippen molar-refractivity contribution in [2.45, 2.75) is 32.0 Å². The molecule has 0 aromatic heterocycles. The van der Waals surface area contributed by atoms with E-state index in [1.807, 2.05) is 18.2 Å². The van der Waals surface area contributed by atoms with E-state index >= 15 is 0 Å². The third-order valence-corrected chi connectivity index (χ3v) is 6.43. The highest BCUT2D eigenvalue weighted by atomic mass is 16.2. The van der Waals surface area contributed by atoms with Crippen LogP contribution in [0.3, 0.4) is 0 Å². The van der Waals surface area contributed by atoms with Crippen LogP contribution in [0.1, 0.15) is 34.3 Å². The van der Waals surface area contributed by atoms with Gasteiger partial charge >= 0.3 is 0 Å². The first kappa shape index (κ1) is 19.9. The molecule has 0 saturated carbocycles. The van der Waals surface area contributed by atoms with Gasteiger partial charge in [0.2, 0.25) is 11.8 Å². The van der Waals surface area contributed by atoms with E-state index in [1.165, 1.54) is 5.56 Å². The fourth-order valence-corrected chi connectivity index (χ4v) is 4.68. The molecule has 0 bridgehead atoms. The summed E-state index contributed by atoms with van der Waals surface area (Å²) in [6.07, 6.45) is 0.647. The van der Waals surface area contributed by atoms with Crippen LogP contribution in [0.25, 0.3) is 11.1 Å². The van der Waals surface area contributed by atoms with Gasteiger partial charge in [0.15, 0.2) is 0 Å². The summed E-state index contributed by atoms with van der Waals surface area (Å²) in [7, 11) is 0. The number of amides is 3. The molecule has 31 heavy (non-hydrogen) atoms. The first-order valence-electron chi connectivity index (χ1n) is 10.9. The van der Waals surface area contributed by atoms with E-state index in [1.54, 1.807) is 4.90 Å². The predicted octanol–water partition coefficient (Wildman–Crippen LogP) is 1.52. The average Bonchev–Trinajstić information content (AvgIpc) is 3.10. The summed E-state index contributed by atoms with van der Waals surface area (Å²) in [6, 6.07) is 13.9. The highest BCUT2D eigenvalue weighted by Gasteiger charge is 2.39.